The fraction of sp³-hybridized carbons (Fsp3) is 0.500. The molecule has 1 aromatic heterocycles. The maximum absolute atomic E-state index is 13.4. The second kappa shape index (κ2) is 3.42. The molecular formula is C10H12FNO. The Kier molecular flexibility index (Phi) is 2.27. The summed E-state index contributed by atoms with van der Waals surface area (Å²) in [6.45, 7) is 0.0662. The first-order valence-electron chi connectivity index (χ1n) is 4.52. The van der Waals surface area contributed by atoms with Crippen LogP contribution in [0.3, 0.4) is 0 Å². The third kappa shape index (κ3) is 1.44. The van der Waals surface area contributed by atoms with Crippen LogP contribution in [-0.4, -0.2) is 16.7 Å². The van der Waals surface area contributed by atoms with Crippen LogP contribution in [-0.2, 0) is 0 Å². The average molecular weight is 181 g/mol. The van der Waals surface area contributed by atoms with E-state index in [1.807, 2.05) is 0 Å². The smallest absolute Gasteiger partial charge is 0.127 e. The highest BCUT2D eigenvalue weighted by molar-refractivity contribution is 5.28. The molecule has 0 bridgehead atoms. The molecule has 0 aromatic carbocycles. The van der Waals surface area contributed by atoms with Crippen LogP contribution in [0.2, 0.25) is 0 Å². The normalized spacial score (nSPS) is 26.9. The van der Waals surface area contributed by atoms with Crippen LogP contribution in [0.15, 0.2) is 18.3 Å². The van der Waals surface area contributed by atoms with Crippen LogP contribution >= 0.6 is 0 Å². The molecule has 1 heterocycles. The largest absolute Gasteiger partial charge is 0.396 e. The molecule has 1 aromatic rings. The monoisotopic (exact) mass is 181 g/mol. The Labute approximate surface area is 76.4 Å². The van der Waals surface area contributed by atoms with Gasteiger partial charge in [0.15, 0.2) is 0 Å². The van der Waals surface area contributed by atoms with Gasteiger partial charge < -0.3 is 5.11 Å². The highest BCUT2D eigenvalue weighted by Gasteiger charge is 2.27. The van der Waals surface area contributed by atoms with Crippen molar-refractivity contribution in [3.05, 3.63) is 29.6 Å². The number of aliphatic hydroxyl groups is 1. The van der Waals surface area contributed by atoms with Gasteiger partial charge in [0.2, 0.25) is 0 Å². The van der Waals surface area contributed by atoms with E-state index in [1.165, 1.54) is 0 Å². The van der Waals surface area contributed by atoms with Crippen molar-refractivity contribution in [3.8, 4) is 0 Å². The summed E-state index contributed by atoms with van der Waals surface area (Å²) in [7, 11) is 0. The van der Waals surface area contributed by atoms with Gasteiger partial charge in [0.1, 0.15) is 6.17 Å². The molecule has 2 atom stereocenters. The lowest BCUT2D eigenvalue weighted by molar-refractivity contribution is 0.218. The number of halogens is 1. The first kappa shape index (κ1) is 8.63. The van der Waals surface area contributed by atoms with Crippen LogP contribution in [0, 0.1) is 0 Å². The average Bonchev–Trinajstić information content (AvgIpc) is 2.19. The van der Waals surface area contributed by atoms with E-state index in [1.54, 1.807) is 18.3 Å². The van der Waals surface area contributed by atoms with Gasteiger partial charge in [-0.3, -0.25) is 4.98 Å². The number of pyridine rings is 1. The number of rotatable bonds is 1. The van der Waals surface area contributed by atoms with Gasteiger partial charge in [-0.05, 0) is 18.9 Å². The van der Waals surface area contributed by atoms with Crippen molar-refractivity contribution in [3.63, 3.8) is 0 Å². The molecule has 0 amide bonds. The molecule has 13 heavy (non-hydrogen) atoms. The topological polar surface area (TPSA) is 33.1 Å². The number of hydrogen-bond acceptors (Lipinski definition) is 2. The first-order valence-corrected chi connectivity index (χ1v) is 4.52. The third-order valence-electron chi connectivity index (χ3n) is 2.58. The van der Waals surface area contributed by atoms with Crippen LogP contribution in [0.5, 0.6) is 0 Å². The molecular weight excluding hydrogens is 169 g/mol. The summed E-state index contributed by atoms with van der Waals surface area (Å²) in [5, 5.41) is 9.06. The molecule has 2 rings (SSSR count). The fourth-order valence-corrected chi connectivity index (χ4v) is 1.85. The van der Waals surface area contributed by atoms with E-state index in [0.29, 0.717) is 18.4 Å². The Balaban J connectivity index is 2.42. The van der Waals surface area contributed by atoms with Gasteiger partial charge in [0.25, 0.3) is 0 Å². The molecule has 1 aliphatic carbocycles. The maximum atomic E-state index is 13.4. The lowest BCUT2D eigenvalue weighted by Crippen LogP contribution is -2.16. The highest BCUT2D eigenvalue weighted by atomic mass is 19.1. The van der Waals surface area contributed by atoms with Gasteiger partial charge >= 0.3 is 0 Å². The standard InChI is InChI=1S/C10H12FNO/c11-9-4-3-7(6-13)10-8(9)2-1-5-12-10/h1-2,5,7,9,13H,3-4,6H2. The molecule has 2 unspecified atom stereocenters. The minimum atomic E-state index is -0.897. The molecule has 1 N–H and O–H groups in total. The summed E-state index contributed by atoms with van der Waals surface area (Å²) in [4.78, 5) is 4.12. The van der Waals surface area contributed by atoms with E-state index in [2.05, 4.69) is 4.98 Å². The van der Waals surface area contributed by atoms with E-state index in [9.17, 15) is 4.39 Å². The van der Waals surface area contributed by atoms with Crippen molar-refractivity contribution in [1.29, 1.82) is 0 Å². The summed E-state index contributed by atoms with van der Waals surface area (Å²) in [6, 6.07) is 3.50. The molecule has 1 aliphatic rings. The molecule has 0 fully saturated rings. The zero-order valence-electron chi connectivity index (χ0n) is 7.28. The van der Waals surface area contributed by atoms with Gasteiger partial charge in [-0.1, -0.05) is 6.07 Å². The number of fused-ring (bicyclic) bond motifs is 1. The van der Waals surface area contributed by atoms with Gasteiger partial charge in [-0.15, -0.1) is 0 Å². The summed E-state index contributed by atoms with van der Waals surface area (Å²) in [5.41, 5.74) is 1.40. The minimum Gasteiger partial charge on any atom is -0.396 e. The second-order valence-corrected chi connectivity index (χ2v) is 3.40. The van der Waals surface area contributed by atoms with Crippen molar-refractivity contribution in [2.45, 2.75) is 24.9 Å². The van der Waals surface area contributed by atoms with E-state index >= 15 is 0 Å². The number of aromatic nitrogens is 1. The zero-order chi connectivity index (χ0) is 9.26. The van der Waals surface area contributed by atoms with Crippen molar-refractivity contribution in [2.75, 3.05) is 6.61 Å². The first-order chi connectivity index (χ1) is 6.33. The zero-order valence-corrected chi connectivity index (χ0v) is 7.28. The van der Waals surface area contributed by atoms with Crippen molar-refractivity contribution in [1.82, 2.24) is 4.98 Å². The summed E-state index contributed by atoms with van der Waals surface area (Å²) >= 11 is 0. The van der Waals surface area contributed by atoms with Gasteiger partial charge in [-0.2, -0.15) is 0 Å². The summed E-state index contributed by atoms with van der Waals surface area (Å²) < 4.78 is 13.4. The van der Waals surface area contributed by atoms with E-state index < -0.39 is 6.17 Å². The lowest BCUT2D eigenvalue weighted by Gasteiger charge is -2.24. The molecule has 3 heteroatoms. The summed E-state index contributed by atoms with van der Waals surface area (Å²) in [5.74, 6) is 0.0307. The van der Waals surface area contributed by atoms with Gasteiger partial charge in [0.05, 0.1) is 12.3 Å². The van der Waals surface area contributed by atoms with Crippen molar-refractivity contribution >= 4 is 0 Å². The van der Waals surface area contributed by atoms with Crippen LogP contribution < -0.4 is 0 Å². The molecule has 0 aliphatic heterocycles. The van der Waals surface area contributed by atoms with E-state index in [-0.39, 0.29) is 12.5 Å². The Bertz CT molecular complexity index is 303. The number of aliphatic hydroxyl groups excluding tert-OH is 1. The Morgan fingerprint density at radius 2 is 2.38 bits per heavy atom. The molecule has 2 nitrogen and oxygen atoms in total. The summed E-state index contributed by atoms with van der Waals surface area (Å²) in [6.07, 6.45) is 1.96. The van der Waals surface area contributed by atoms with Gasteiger partial charge in [0, 0.05) is 17.7 Å². The molecule has 0 spiro atoms. The second-order valence-electron chi connectivity index (χ2n) is 3.40. The Morgan fingerprint density at radius 1 is 1.54 bits per heavy atom. The number of alkyl halides is 1. The van der Waals surface area contributed by atoms with Crippen LogP contribution in [0.1, 0.15) is 36.2 Å². The predicted octanol–water partition coefficient (Wildman–Crippen LogP) is 1.96. The molecule has 70 valence electrons. The Hall–Kier alpha value is -0.960. The maximum Gasteiger partial charge on any atom is 0.127 e. The lowest BCUT2D eigenvalue weighted by atomic mass is 9.86. The van der Waals surface area contributed by atoms with Crippen LogP contribution in [0.25, 0.3) is 0 Å². The minimum absolute atomic E-state index is 0.0307. The third-order valence-corrected chi connectivity index (χ3v) is 2.58. The quantitative estimate of drug-likeness (QED) is 0.718. The van der Waals surface area contributed by atoms with Crippen LogP contribution in [0.4, 0.5) is 4.39 Å². The van der Waals surface area contributed by atoms with E-state index in [0.717, 1.165) is 5.69 Å². The number of hydrogen-bond donors (Lipinski definition) is 1. The van der Waals surface area contributed by atoms with Crippen molar-refractivity contribution < 1.29 is 9.50 Å². The molecule has 0 radical (unpaired) electrons. The SMILES string of the molecule is OCC1CCC(F)c2cccnc21. The highest BCUT2D eigenvalue weighted by Crippen LogP contribution is 2.37. The van der Waals surface area contributed by atoms with E-state index in [4.69, 9.17) is 5.11 Å². The van der Waals surface area contributed by atoms with Crippen molar-refractivity contribution in [2.24, 2.45) is 0 Å². The molecule has 0 saturated heterocycles. The van der Waals surface area contributed by atoms with Gasteiger partial charge in [-0.25, -0.2) is 4.39 Å². The predicted molar refractivity (Wildman–Crippen MR) is 47.1 cm³/mol. The molecule has 0 saturated carbocycles. The fourth-order valence-electron chi connectivity index (χ4n) is 1.85. The number of nitrogens with zero attached hydrogens (tertiary/aromatic N) is 1. The Morgan fingerprint density at radius 3 is 3.15 bits per heavy atom.